The monoisotopic (exact) mass is 341 g/mol. The second kappa shape index (κ2) is 8.12. The molecule has 3 unspecified atom stereocenters. The number of rotatable bonds is 5. The van der Waals surface area contributed by atoms with Gasteiger partial charge in [0.25, 0.3) is 0 Å². The quantitative estimate of drug-likeness (QED) is 0.638. The molecule has 0 amide bonds. The molecule has 2 nitrogen and oxygen atoms in total. The molecule has 25 heavy (non-hydrogen) atoms. The second-order valence-electron chi connectivity index (χ2n) is 8.59. The number of ether oxygens (including phenoxy) is 1. The summed E-state index contributed by atoms with van der Waals surface area (Å²) in [4.78, 5) is 0. The summed E-state index contributed by atoms with van der Waals surface area (Å²) >= 11 is 0. The Hall–Kier alpha value is -1.02. The zero-order chi connectivity index (χ0) is 17.1. The van der Waals surface area contributed by atoms with Crippen LogP contribution in [0.3, 0.4) is 0 Å². The van der Waals surface area contributed by atoms with E-state index in [0.29, 0.717) is 18.1 Å². The Morgan fingerprint density at radius 1 is 1.00 bits per heavy atom. The predicted octanol–water partition coefficient (Wildman–Crippen LogP) is 6.26. The number of nitrogens with one attached hydrogen (secondary N) is 1. The molecule has 2 aliphatic heterocycles. The lowest BCUT2D eigenvalue weighted by molar-refractivity contribution is -0.113. The van der Waals surface area contributed by atoms with Crippen molar-refractivity contribution < 1.29 is 4.74 Å². The summed E-state index contributed by atoms with van der Waals surface area (Å²) < 4.78 is 6.80. The van der Waals surface area contributed by atoms with Gasteiger partial charge in [-0.2, -0.15) is 0 Å². The van der Waals surface area contributed by atoms with Gasteiger partial charge in [-0.3, -0.25) is 0 Å². The number of fused-ring (bicyclic) bond motifs is 3. The summed E-state index contributed by atoms with van der Waals surface area (Å²) in [6.45, 7) is 3.37. The van der Waals surface area contributed by atoms with E-state index in [1.165, 1.54) is 87.4 Å². The summed E-state index contributed by atoms with van der Waals surface area (Å²) in [5.41, 5.74) is 4.27. The molecule has 1 saturated carbocycles. The number of benzene rings is 1. The molecule has 1 aromatic rings. The fourth-order valence-corrected chi connectivity index (χ4v) is 5.27. The molecular formula is C23H35NO. The van der Waals surface area contributed by atoms with Gasteiger partial charge in [-0.25, -0.2) is 0 Å². The molecule has 2 heterocycles. The average molecular weight is 342 g/mol. The van der Waals surface area contributed by atoms with Crippen LogP contribution in [-0.2, 0) is 11.2 Å². The van der Waals surface area contributed by atoms with E-state index in [4.69, 9.17) is 4.74 Å². The van der Waals surface area contributed by atoms with Gasteiger partial charge in [0.1, 0.15) is 0 Å². The Bertz CT molecular complexity index is 563. The number of unbranched alkanes of at least 4 members (excludes halogenated alkanes) is 2. The van der Waals surface area contributed by atoms with Crippen molar-refractivity contribution in [1.82, 2.24) is 0 Å². The molecule has 1 aliphatic carbocycles. The van der Waals surface area contributed by atoms with Crippen LogP contribution in [0, 0.1) is 11.8 Å². The Morgan fingerprint density at radius 3 is 2.72 bits per heavy atom. The largest absolute Gasteiger partial charge is 0.384 e. The maximum Gasteiger partial charge on any atom is 0.0893 e. The molecule has 4 rings (SSSR count). The van der Waals surface area contributed by atoms with E-state index in [0.717, 1.165) is 12.5 Å². The van der Waals surface area contributed by atoms with Crippen LogP contribution < -0.4 is 5.32 Å². The highest BCUT2D eigenvalue weighted by Gasteiger charge is 2.39. The van der Waals surface area contributed by atoms with Gasteiger partial charge in [0.15, 0.2) is 0 Å². The molecule has 1 saturated heterocycles. The SMILES string of the molecule is CCCCCc1ccc2c(c1)C1OC(C3CCCCC3)CCC1CN2. The zero-order valence-corrected chi connectivity index (χ0v) is 15.9. The van der Waals surface area contributed by atoms with Crippen molar-refractivity contribution in [3.05, 3.63) is 29.3 Å². The highest BCUT2D eigenvalue weighted by molar-refractivity contribution is 5.56. The van der Waals surface area contributed by atoms with Crippen LogP contribution in [0.4, 0.5) is 5.69 Å². The first-order valence-electron chi connectivity index (χ1n) is 10.9. The van der Waals surface area contributed by atoms with Gasteiger partial charge in [0.2, 0.25) is 0 Å². The molecule has 2 heteroatoms. The molecule has 0 spiro atoms. The average Bonchev–Trinajstić information content (AvgIpc) is 2.68. The molecule has 0 bridgehead atoms. The van der Waals surface area contributed by atoms with Crippen LogP contribution >= 0.6 is 0 Å². The van der Waals surface area contributed by atoms with Crippen LogP contribution in [0.1, 0.15) is 88.4 Å². The van der Waals surface area contributed by atoms with Crippen LogP contribution in [-0.4, -0.2) is 12.6 Å². The number of hydrogen-bond donors (Lipinski definition) is 1. The Kier molecular flexibility index (Phi) is 5.65. The van der Waals surface area contributed by atoms with Crippen LogP contribution in [0.15, 0.2) is 18.2 Å². The minimum atomic E-state index is 0.336. The lowest BCUT2D eigenvalue weighted by Gasteiger charge is -2.44. The normalized spacial score (nSPS) is 29.6. The van der Waals surface area contributed by atoms with Gasteiger partial charge < -0.3 is 10.1 Å². The highest BCUT2D eigenvalue weighted by atomic mass is 16.5. The van der Waals surface area contributed by atoms with E-state index < -0.39 is 0 Å². The van der Waals surface area contributed by atoms with E-state index in [1.54, 1.807) is 0 Å². The van der Waals surface area contributed by atoms with E-state index in [-0.39, 0.29) is 0 Å². The molecule has 2 fully saturated rings. The van der Waals surface area contributed by atoms with Crippen molar-refractivity contribution in [3.8, 4) is 0 Å². The molecule has 1 N–H and O–H groups in total. The third-order valence-electron chi connectivity index (χ3n) is 6.79. The number of anilines is 1. The molecule has 0 radical (unpaired) electrons. The van der Waals surface area contributed by atoms with Gasteiger partial charge in [-0.1, -0.05) is 51.2 Å². The smallest absolute Gasteiger partial charge is 0.0893 e. The van der Waals surface area contributed by atoms with E-state index in [1.807, 2.05) is 0 Å². The summed E-state index contributed by atoms with van der Waals surface area (Å²) in [6, 6.07) is 7.09. The van der Waals surface area contributed by atoms with Crippen molar-refractivity contribution in [3.63, 3.8) is 0 Å². The van der Waals surface area contributed by atoms with E-state index >= 15 is 0 Å². The minimum Gasteiger partial charge on any atom is -0.384 e. The number of aryl methyl sites for hydroxylation is 1. The van der Waals surface area contributed by atoms with Gasteiger partial charge in [-0.05, 0) is 56.1 Å². The molecule has 0 aromatic heterocycles. The van der Waals surface area contributed by atoms with Crippen molar-refractivity contribution in [2.45, 2.75) is 89.8 Å². The second-order valence-corrected chi connectivity index (χ2v) is 8.59. The van der Waals surface area contributed by atoms with Crippen molar-refractivity contribution in [2.75, 3.05) is 11.9 Å². The zero-order valence-electron chi connectivity index (χ0n) is 15.9. The van der Waals surface area contributed by atoms with E-state index in [2.05, 4.69) is 30.4 Å². The number of hydrogen-bond acceptors (Lipinski definition) is 2. The van der Waals surface area contributed by atoms with Crippen molar-refractivity contribution in [1.29, 1.82) is 0 Å². The van der Waals surface area contributed by atoms with Crippen molar-refractivity contribution in [2.24, 2.45) is 11.8 Å². The lowest BCUT2D eigenvalue weighted by atomic mass is 9.78. The lowest BCUT2D eigenvalue weighted by Crippen LogP contribution is -2.40. The Balaban J connectivity index is 1.49. The van der Waals surface area contributed by atoms with Gasteiger partial charge in [0, 0.05) is 23.7 Å². The molecule has 138 valence electrons. The first-order valence-corrected chi connectivity index (χ1v) is 10.9. The van der Waals surface area contributed by atoms with E-state index in [9.17, 15) is 0 Å². The summed E-state index contributed by atoms with van der Waals surface area (Å²) in [5, 5.41) is 3.67. The fraction of sp³-hybridized carbons (Fsp3) is 0.739. The van der Waals surface area contributed by atoms with Gasteiger partial charge in [0.05, 0.1) is 12.2 Å². The first kappa shape index (κ1) is 17.4. The summed E-state index contributed by atoms with van der Waals surface area (Å²) in [7, 11) is 0. The first-order chi connectivity index (χ1) is 12.3. The highest BCUT2D eigenvalue weighted by Crippen LogP contribution is 2.46. The summed E-state index contributed by atoms with van der Waals surface area (Å²) in [6.07, 6.45) is 15.7. The van der Waals surface area contributed by atoms with Crippen LogP contribution in [0.5, 0.6) is 0 Å². The minimum absolute atomic E-state index is 0.336. The molecule has 3 aliphatic rings. The van der Waals surface area contributed by atoms with Gasteiger partial charge in [-0.15, -0.1) is 0 Å². The van der Waals surface area contributed by atoms with Crippen LogP contribution in [0.25, 0.3) is 0 Å². The topological polar surface area (TPSA) is 21.3 Å². The fourth-order valence-electron chi connectivity index (χ4n) is 5.27. The predicted molar refractivity (Wildman–Crippen MR) is 105 cm³/mol. The van der Waals surface area contributed by atoms with Gasteiger partial charge >= 0.3 is 0 Å². The third-order valence-corrected chi connectivity index (χ3v) is 6.79. The maximum absolute atomic E-state index is 6.80. The Labute approximate surface area is 153 Å². The molecule has 3 atom stereocenters. The standard InChI is InChI=1S/C23H35NO/c1-2-3-5-8-17-11-13-21-20(15-17)23-19(16-24-21)12-14-22(25-23)18-9-6-4-7-10-18/h11,13,15,18-19,22-24H,2-10,12,14,16H2,1H3. The Morgan fingerprint density at radius 2 is 1.88 bits per heavy atom. The molecule has 1 aromatic carbocycles. The van der Waals surface area contributed by atoms with Crippen LogP contribution in [0.2, 0.25) is 0 Å². The summed E-state index contributed by atoms with van der Waals surface area (Å²) in [5.74, 6) is 1.49. The maximum atomic E-state index is 6.80. The molecular weight excluding hydrogens is 306 g/mol. The van der Waals surface area contributed by atoms with Crippen molar-refractivity contribution >= 4 is 5.69 Å². The third kappa shape index (κ3) is 3.89.